The van der Waals surface area contributed by atoms with E-state index < -0.39 is 5.54 Å². The molecular weight excluding hydrogens is 225 g/mol. The Morgan fingerprint density at radius 2 is 1.67 bits per heavy atom. The molecule has 1 aliphatic rings. The molecule has 2 N–H and O–H groups in total. The second kappa shape index (κ2) is 3.92. The van der Waals surface area contributed by atoms with Crippen molar-refractivity contribution < 1.29 is 4.39 Å². The first-order valence-electron chi connectivity index (χ1n) is 6.20. The van der Waals surface area contributed by atoms with E-state index in [0.717, 1.165) is 24.0 Å². The lowest BCUT2D eigenvalue weighted by atomic mass is 9.87. The van der Waals surface area contributed by atoms with Crippen LogP contribution >= 0.6 is 0 Å². The minimum Gasteiger partial charge on any atom is -0.321 e. The third-order valence-electron chi connectivity index (χ3n) is 3.75. The van der Waals surface area contributed by atoms with E-state index in [1.165, 1.54) is 17.2 Å². The summed E-state index contributed by atoms with van der Waals surface area (Å²) in [4.78, 5) is 0. The van der Waals surface area contributed by atoms with E-state index in [2.05, 4.69) is 12.1 Å². The lowest BCUT2D eigenvalue weighted by Crippen LogP contribution is -2.37. The molecule has 0 bridgehead atoms. The molecule has 2 heteroatoms. The van der Waals surface area contributed by atoms with Crippen molar-refractivity contribution in [2.45, 2.75) is 25.3 Å². The highest BCUT2D eigenvalue weighted by atomic mass is 19.1. The summed E-state index contributed by atoms with van der Waals surface area (Å²) in [6.45, 7) is 1.90. The van der Waals surface area contributed by atoms with E-state index in [9.17, 15) is 4.39 Å². The van der Waals surface area contributed by atoms with E-state index >= 15 is 0 Å². The average molecular weight is 241 g/mol. The molecule has 3 rings (SSSR count). The highest BCUT2D eigenvalue weighted by Gasteiger charge is 2.35. The molecule has 0 aromatic heterocycles. The summed E-state index contributed by atoms with van der Waals surface area (Å²) in [5.74, 6) is -0.203. The van der Waals surface area contributed by atoms with Crippen molar-refractivity contribution in [3.63, 3.8) is 0 Å². The van der Waals surface area contributed by atoms with E-state index in [1.807, 2.05) is 25.1 Å². The number of hydrogen-bond donors (Lipinski definition) is 1. The lowest BCUT2D eigenvalue weighted by molar-refractivity contribution is 0.468. The largest absolute Gasteiger partial charge is 0.321 e. The lowest BCUT2D eigenvalue weighted by Gasteiger charge is -2.24. The average Bonchev–Trinajstić information content (AvgIpc) is 2.65. The predicted octanol–water partition coefficient (Wildman–Crippen LogP) is 3.09. The van der Waals surface area contributed by atoms with Gasteiger partial charge in [0.1, 0.15) is 5.82 Å². The minimum atomic E-state index is -0.462. The van der Waals surface area contributed by atoms with Gasteiger partial charge in [0.25, 0.3) is 0 Å². The van der Waals surface area contributed by atoms with Gasteiger partial charge in [-0.3, -0.25) is 0 Å². The maximum atomic E-state index is 13.5. The van der Waals surface area contributed by atoms with Gasteiger partial charge in [0.05, 0.1) is 0 Å². The second-order valence-electron chi connectivity index (χ2n) is 5.30. The number of aryl methyl sites for hydroxylation is 1. The fourth-order valence-corrected chi connectivity index (χ4v) is 2.87. The molecule has 18 heavy (non-hydrogen) atoms. The maximum Gasteiger partial charge on any atom is 0.123 e. The van der Waals surface area contributed by atoms with Gasteiger partial charge in [-0.15, -0.1) is 0 Å². The third kappa shape index (κ3) is 1.83. The molecule has 2 aromatic rings. The third-order valence-corrected chi connectivity index (χ3v) is 3.75. The van der Waals surface area contributed by atoms with Gasteiger partial charge in [-0.05, 0) is 54.2 Å². The molecule has 0 atom stereocenters. The zero-order valence-corrected chi connectivity index (χ0v) is 10.4. The Morgan fingerprint density at radius 3 is 2.22 bits per heavy atom. The van der Waals surface area contributed by atoms with Crippen LogP contribution in [-0.4, -0.2) is 0 Å². The molecule has 0 saturated carbocycles. The monoisotopic (exact) mass is 241 g/mol. The van der Waals surface area contributed by atoms with Gasteiger partial charge in [-0.25, -0.2) is 4.39 Å². The van der Waals surface area contributed by atoms with Gasteiger partial charge >= 0.3 is 0 Å². The first kappa shape index (κ1) is 11.4. The van der Waals surface area contributed by atoms with Crippen molar-refractivity contribution in [1.82, 2.24) is 0 Å². The Balaban J connectivity index is 2.03. The Kier molecular flexibility index (Phi) is 2.49. The smallest absolute Gasteiger partial charge is 0.123 e. The molecule has 0 spiro atoms. The molecule has 0 heterocycles. The van der Waals surface area contributed by atoms with E-state index in [4.69, 9.17) is 5.73 Å². The fraction of sp³-hybridized carbons (Fsp3) is 0.250. The van der Waals surface area contributed by atoms with Crippen LogP contribution in [0, 0.1) is 12.7 Å². The molecule has 0 aliphatic heterocycles. The summed E-state index contributed by atoms with van der Waals surface area (Å²) in [5.41, 5.74) is 10.4. The van der Waals surface area contributed by atoms with Crippen molar-refractivity contribution in [1.29, 1.82) is 0 Å². The molecule has 1 aliphatic carbocycles. The number of nitrogens with two attached hydrogens (primary N) is 1. The first-order chi connectivity index (χ1) is 8.57. The zero-order chi connectivity index (χ0) is 12.8. The van der Waals surface area contributed by atoms with Crippen LogP contribution in [0.5, 0.6) is 0 Å². The molecule has 0 saturated heterocycles. The maximum absolute atomic E-state index is 13.5. The molecule has 0 fully saturated rings. The number of halogens is 1. The summed E-state index contributed by atoms with van der Waals surface area (Å²) in [6, 6.07) is 13.4. The summed E-state index contributed by atoms with van der Waals surface area (Å²) in [7, 11) is 0. The number of fused-ring (bicyclic) bond motifs is 1. The first-order valence-corrected chi connectivity index (χ1v) is 6.20. The topological polar surface area (TPSA) is 26.0 Å². The quantitative estimate of drug-likeness (QED) is 0.815. The number of benzene rings is 2. The highest BCUT2D eigenvalue weighted by Crippen LogP contribution is 2.36. The van der Waals surface area contributed by atoms with Crippen LogP contribution in [0.4, 0.5) is 4.39 Å². The van der Waals surface area contributed by atoms with Crippen LogP contribution in [0.15, 0.2) is 42.5 Å². The van der Waals surface area contributed by atoms with Crippen LogP contribution in [0.1, 0.15) is 22.3 Å². The number of hydrogen-bond acceptors (Lipinski definition) is 1. The van der Waals surface area contributed by atoms with Gasteiger partial charge in [-0.1, -0.05) is 30.3 Å². The summed E-state index contributed by atoms with van der Waals surface area (Å²) in [6.07, 6.45) is 1.57. The highest BCUT2D eigenvalue weighted by molar-refractivity contribution is 5.42. The van der Waals surface area contributed by atoms with Crippen LogP contribution in [0.3, 0.4) is 0 Å². The van der Waals surface area contributed by atoms with Crippen LogP contribution in [-0.2, 0) is 18.4 Å². The molecule has 0 amide bonds. The summed E-state index contributed by atoms with van der Waals surface area (Å²) in [5, 5.41) is 0. The van der Waals surface area contributed by atoms with E-state index in [0.29, 0.717) is 0 Å². The Hall–Kier alpha value is -1.67. The molecule has 92 valence electrons. The van der Waals surface area contributed by atoms with Gasteiger partial charge in [0, 0.05) is 5.54 Å². The van der Waals surface area contributed by atoms with Gasteiger partial charge < -0.3 is 5.73 Å². The van der Waals surface area contributed by atoms with Crippen LogP contribution in [0.25, 0.3) is 0 Å². The minimum absolute atomic E-state index is 0.203. The van der Waals surface area contributed by atoms with Gasteiger partial charge in [0.2, 0.25) is 0 Å². The van der Waals surface area contributed by atoms with Crippen molar-refractivity contribution in [2.75, 3.05) is 0 Å². The molecule has 1 nitrogen and oxygen atoms in total. The summed E-state index contributed by atoms with van der Waals surface area (Å²) >= 11 is 0. The predicted molar refractivity (Wildman–Crippen MR) is 70.9 cm³/mol. The van der Waals surface area contributed by atoms with Crippen molar-refractivity contribution in [3.05, 3.63) is 70.5 Å². The van der Waals surface area contributed by atoms with Crippen molar-refractivity contribution >= 4 is 0 Å². The van der Waals surface area contributed by atoms with Gasteiger partial charge in [-0.2, -0.15) is 0 Å². The SMILES string of the molecule is Cc1cc(F)cc(C2(N)Cc3ccccc3C2)c1. The standard InChI is InChI=1S/C16H16FN/c1-11-6-14(8-15(17)7-11)16(18)9-12-4-2-3-5-13(12)10-16/h2-8H,9-10,18H2,1H3. The Morgan fingerprint density at radius 1 is 1.06 bits per heavy atom. The molecule has 0 radical (unpaired) electrons. The fourth-order valence-electron chi connectivity index (χ4n) is 2.87. The van der Waals surface area contributed by atoms with E-state index in [-0.39, 0.29) is 5.82 Å². The second-order valence-corrected chi connectivity index (χ2v) is 5.30. The normalized spacial score (nSPS) is 16.6. The van der Waals surface area contributed by atoms with Crippen molar-refractivity contribution in [2.24, 2.45) is 5.73 Å². The summed E-state index contributed by atoms with van der Waals surface area (Å²) < 4.78 is 13.5. The number of rotatable bonds is 1. The van der Waals surface area contributed by atoms with Crippen LogP contribution in [0.2, 0.25) is 0 Å². The van der Waals surface area contributed by atoms with E-state index in [1.54, 1.807) is 6.07 Å². The van der Waals surface area contributed by atoms with Crippen LogP contribution < -0.4 is 5.73 Å². The molecule has 0 unspecified atom stereocenters. The Bertz CT molecular complexity index is 559. The molecule has 2 aromatic carbocycles. The van der Waals surface area contributed by atoms with Gasteiger partial charge in [0.15, 0.2) is 0 Å². The molecular formula is C16H16FN. The van der Waals surface area contributed by atoms with Crippen molar-refractivity contribution in [3.8, 4) is 0 Å². The zero-order valence-electron chi connectivity index (χ0n) is 10.4. The Labute approximate surface area is 106 Å².